The van der Waals surface area contributed by atoms with Crippen molar-refractivity contribution in [2.24, 2.45) is 0 Å². The predicted molar refractivity (Wildman–Crippen MR) is 131 cm³/mol. The molecule has 1 amide bonds. The quantitative estimate of drug-likeness (QED) is 0.672. The molecule has 2 atom stereocenters. The number of hydrogen-bond donors (Lipinski definition) is 1. The Balaban J connectivity index is 1.67. The van der Waals surface area contributed by atoms with E-state index in [0.29, 0.717) is 17.3 Å². The summed E-state index contributed by atoms with van der Waals surface area (Å²) in [6.45, 7) is 0.793. The lowest BCUT2D eigenvalue weighted by Gasteiger charge is -2.45. The van der Waals surface area contributed by atoms with Crippen LogP contribution >= 0.6 is 0 Å². The summed E-state index contributed by atoms with van der Waals surface area (Å²) in [5.41, 5.74) is 1.90. The molecule has 2 unspecified atom stereocenters. The summed E-state index contributed by atoms with van der Waals surface area (Å²) in [5.74, 6) is -0.227. The fourth-order valence-corrected chi connectivity index (χ4v) is 6.18. The molecule has 2 fully saturated rings. The Morgan fingerprint density at radius 1 is 1.06 bits per heavy atom. The van der Waals surface area contributed by atoms with Crippen molar-refractivity contribution in [3.05, 3.63) is 59.7 Å². The van der Waals surface area contributed by atoms with Crippen molar-refractivity contribution < 1.29 is 13.2 Å². The van der Waals surface area contributed by atoms with Crippen LogP contribution in [-0.4, -0.2) is 63.4 Å². The van der Waals surface area contributed by atoms with Crippen molar-refractivity contribution in [3.8, 4) is 0 Å². The minimum absolute atomic E-state index is 0.120. The van der Waals surface area contributed by atoms with Gasteiger partial charge in [0.05, 0.1) is 16.1 Å². The average Bonchev–Trinajstić information content (AvgIpc) is 2.96. The molecule has 2 aromatic rings. The monoisotopic (exact) mass is 470 g/mol. The molecule has 33 heavy (non-hydrogen) atoms. The Labute approximate surface area is 197 Å². The highest BCUT2D eigenvalue weighted by molar-refractivity contribution is 7.89. The van der Waals surface area contributed by atoms with Gasteiger partial charge in [-0.15, -0.1) is 0 Å². The Kier molecular flexibility index (Phi) is 6.53. The number of rotatable bonds is 7. The Morgan fingerprint density at radius 3 is 2.45 bits per heavy atom. The van der Waals surface area contributed by atoms with Crippen molar-refractivity contribution in [1.82, 2.24) is 14.5 Å². The second-order valence-electron chi connectivity index (χ2n) is 9.54. The van der Waals surface area contributed by atoms with Crippen molar-refractivity contribution >= 4 is 21.6 Å². The summed E-state index contributed by atoms with van der Waals surface area (Å²) in [7, 11) is 3.06. The summed E-state index contributed by atoms with van der Waals surface area (Å²) in [5, 5.41) is 3.37. The average molecular weight is 471 g/mol. The first kappa shape index (κ1) is 23.7. The SMILES string of the molecule is CN(C)c1ccc(S(=O)(=O)N(C)C)cc1C(=O)NC12CCCC(CC1)N2Cc1ccccc1. The first-order valence-corrected chi connectivity index (χ1v) is 13.0. The van der Waals surface area contributed by atoms with Gasteiger partial charge in [0.25, 0.3) is 5.91 Å². The standard InChI is InChI=1S/C25H34N4O3S/c1-27(2)23-13-12-21(33(31,32)28(3)4)17-22(23)24(30)26-25-15-8-11-20(14-16-25)29(25)18-19-9-6-5-7-10-19/h5-7,9-10,12-13,17,20H,8,11,14-16,18H2,1-4H3,(H,26,30). The van der Waals surface area contributed by atoms with E-state index in [1.807, 2.05) is 37.2 Å². The lowest BCUT2D eigenvalue weighted by molar-refractivity contribution is 0.0185. The molecule has 4 rings (SSSR count). The largest absolute Gasteiger partial charge is 0.377 e. The molecule has 2 bridgehead atoms. The minimum Gasteiger partial charge on any atom is -0.377 e. The third-order valence-corrected chi connectivity index (χ3v) is 8.84. The normalized spacial score (nSPS) is 23.0. The van der Waals surface area contributed by atoms with E-state index >= 15 is 0 Å². The van der Waals surface area contributed by atoms with E-state index in [4.69, 9.17) is 0 Å². The zero-order chi connectivity index (χ0) is 23.8. The van der Waals surface area contributed by atoms with Gasteiger partial charge in [-0.3, -0.25) is 9.69 Å². The fourth-order valence-electron chi connectivity index (χ4n) is 5.25. The van der Waals surface area contributed by atoms with Gasteiger partial charge in [0.1, 0.15) is 0 Å². The third kappa shape index (κ3) is 4.52. The van der Waals surface area contributed by atoms with Gasteiger partial charge in [0.15, 0.2) is 0 Å². The van der Waals surface area contributed by atoms with Gasteiger partial charge in [0, 0.05) is 46.5 Å². The molecular weight excluding hydrogens is 436 g/mol. The number of anilines is 1. The number of benzene rings is 2. The molecule has 2 heterocycles. The van der Waals surface area contributed by atoms with E-state index in [2.05, 4.69) is 22.3 Å². The predicted octanol–water partition coefficient (Wildman–Crippen LogP) is 3.28. The molecule has 0 aromatic heterocycles. The lowest BCUT2D eigenvalue weighted by atomic mass is 9.95. The maximum atomic E-state index is 13.7. The summed E-state index contributed by atoms with van der Waals surface area (Å²) in [4.78, 5) is 18.1. The maximum Gasteiger partial charge on any atom is 0.254 e. The Morgan fingerprint density at radius 2 is 1.79 bits per heavy atom. The van der Waals surface area contributed by atoms with Gasteiger partial charge in [-0.1, -0.05) is 30.3 Å². The molecule has 7 nitrogen and oxygen atoms in total. The van der Waals surface area contributed by atoms with Gasteiger partial charge in [-0.2, -0.15) is 0 Å². The van der Waals surface area contributed by atoms with Crippen LogP contribution in [-0.2, 0) is 16.6 Å². The van der Waals surface area contributed by atoms with Gasteiger partial charge in [0.2, 0.25) is 10.0 Å². The van der Waals surface area contributed by atoms with Gasteiger partial charge in [-0.05, 0) is 55.9 Å². The molecule has 2 aromatic carbocycles. The molecule has 0 spiro atoms. The van der Waals surface area contributed by atoms with E-state index < -0.39 is 15.7 Å². The lowest BCUT2D eigenvalue weighted by Crippen LogP contribution is -2.60. The molecule has 2 saturated heterocycles. The van der Waals surface area contributed by atoms with Crippen molar-refractivity contribution in [2.75, 3.05) is 33.1 Å². The number of fused-ring (bicyclic) bond motifs is 2. The number of nitrogens with zero attached hydrogens (tertiary/aromatic N) is 3. The van der Waals surface area contributed by atoms with Crippen LogP contribution in [0.1, 0.15) is 48.0 Å². The molecule has 0 aliphatic carbocycles. The van der Waals surface area contributed by atoms with Crippen molar-refractivity contribution in [2.45, 2.75) is 55.2 Å². The molecule has 0 radical (unpaired) electrons. The molecule has 178 valence electrons. The highest BCUT2D eigenvalue weighted by Crippen LogP contribution is 2.43. The molecule has 8 heteroatoms. The van der Waals surface area contributed by atoms with Crippen LogP contribution in [0.3, 0.4) is 0 Å². The maximum absolute atomic E-state index is 13.7. The van der Waals surface area contributed by atoms with Crippen LogP contribution in [0.25, 0.3) is 0 Å². The molecule has 2 aliphatic heterocycles. The van der Waals surface area contributed by atoms with Crippen molar-refractivity contribution in [3.63, 3.8) is 0 Å². The van der Waals surface area contributed by atoms with Crippen LogP contribution in [0.15, 0.2) is 53.4 Å². The molecule has 1 N–H and O–H groups in total. The number of amides is 1. The number of nitrogens with one attached hydrogen (secondary N) is 1. The molecule has 0 saturated carbocycles. The summed E-state index contributed by atoms with van der Waals surface area (Å²) in [6.07, 6.45) is 5.08. The number of carbonyl (C=O) groups is 1. The zero-order valence-electron chi connectivity index (χ0n) is 19.9. The van der Waals surface area contributed by atoms with E-state index in [0.717, 1.165) is 38.6 Å². The highest BCUT2D eigenvalue weighted by Gasteiger charge is 2.49. The van der Waals surface area contributed by atoms with Crippen LogP contribution in [0, 0.1) is 0 Å². The van der Waals surface area contributed by atoms with Gasteiger partial charge < -0.3 is 10.2 Å². The van der Waals surface area contributed by atoms with Crippen LogP contribution in [0.4, 0.5) is 5.69 Å². The first-order chi connectivity index (χ1) is 15.6. The Hall–Kier alpha value is -2.42. The summed E-state index contributed by atoms with van der Waals surface area (Å²) in [6, 6.07) is 15.6. The van der Waals surface area contributed by atoms with Crippen molar-refractivity contribution in [1.29, 1.82) is 0 Å². The topological polar surface area (TPSA) is 73.0 Å². The van der Waals surface area contributed by atoms with E-state index in [1.165, 1.54) is 30.0 Å². The van der Waals surface area contributed by atoms with E-state index in [1.54, 1.807) is 12.1 Å². The first-order valence-electron chi connectivity index (χ1n) is 11.5. The smallest absolute Gasteiger partial charge is 0.254 e. The zero-order valence-corrected chi connectivity index (χ0v) is 20.7. The number of sulfonamides is 1. The van der Waals surface area contributed by atoms with Gasteiger partial charge in [-0.25, -0.2) is 12.7 Å². The fraction of sp³-hybridized carbons (Fsp3) is 0.480. The number of piperidine rings is 1. The summed E-state index contributed by atoms with van der Waals surface area (Å²) >= 11 is 0. The van der Waals surface area contributed by atoms with Gasteiger partial charge >= 0.3 is 0 Å². The van der Waals surface area contributed by atoms with Crippen LogP contribution in [0.2, 0.25) is 0 Å². The second-order valence-corrected chi connectivity index (χ2v) is 11.7. The Bertz CT molecular complexity index is 1110. The van der Waals surface area contributed by atoms with E-state index in [-0.39, 0.29) is 10.8 Å². The van der Waals surface area contributed by atoms with Crippen LogP contribution < -0.4 is 10.2 Å². The number of carbonyl (C=O) groups excluding carboxylic acids is 1. The van der Waals surface area contributed by atoms with Crippen LogP contribution in [0.5, 0.6) is 0 Å². The van der Waals surface area contributed by atoms with E-state index in [9.17, 15) is 13.2 Å². The summed E-state index contributed by atoms with van der Waals surface area (Å²) < 4.78 is 26.6. The third-order valence-electron chi connectivity index (χ3n) is 7.02. The second kappa shape index (κ2) is 9.08. The minimum atomic E-state index is -3.65. The molecular formula is C25H34N4O3S. The highest BCUT2D eigenvalue weighted by atomic mass is 32.2. The number of hydrogen-bond acceptors (Lipinski definition) is 5. The molecule has 2 aliphatic rings.